The van der Waals surface area contributed by atoms with E-state index in [9.17, 15) is 4.79 Å². The number of ether oxygens (including phenoxy) is 1. The summed E-state index contributed by atoms with van der Waals surface area (Å²) in [7, 11) is 0. The summed E-state index contributed by atoms with van der Waals surface area (Å²) in [6.45, 7) is 6.72. The molecule has 1 aliphatic heterocycles. The molecule has 1 aliphatic rings. The summed E-state index contributed by atoms with van der Waals surface area (Å²) < 4.78 is 8.52. The maximum Gasteiger partial charge on any atom is 0.305 e. The van der Waals surface area contributed by atoms with Crippen molar-refractivity contribution >= 4 is 27.6 Å². The fraction of sp³-hybridized carbons (Fsp3) is 0.360. The van der Waals surface area contributed by atoms with E-state index < -0.39 is 0 Å². The molecule has 7 heteroatoms. The third-order valence-corrected chi connectivity index (χ3v) is 5.98. The first-order chi connectivity index (χ1) is 15.4. The van der Waals surface area contributed by atoms with Crippen LogP contribution in [0.4, 0.5) is 0 Å². The van der Waals surface area contributed by atoms with E-state index >= 15 is 0 Å². The van der Waals surface area contributed by atoms with Crippen LogP contribution in [-0.2, 0) is 9.53 Å². The lowest BCUT2D eigenvalue weighted by atomic mass is 10.0. The number of benzene rings is 1. The Bertz CT molecular complexity index is 1140. The Labute approximate surface area is 196 Å². The van der Waals surface area contributed by atoms with Gasteiger partial charge in [-0.1, -0.05) is 35.8 Å². The van der Waals surface area contributed by atoms with Gasteiger partial charge < -0.3 is 4.74 Å². The van der Waals surface area contributed by atoms with Crippen LogP contribution in [0.25, 0.3) is 5.69 Å². The van der Waals surface area contributed by atoms with Gasteiger partial charge in [-0.2, -0.15) is 0 Å². The molecule has 0 bridgehead atoms. The standard InChI is InChI=1S/C25H27BrN4O2/c1-16(2)11-13-32-23(31)10-8-21-25-28-15-17(3)30(25)22-9-7-18(26)14-19(22)24(29-21)20-6-4-5-12-27-20/h4-7,9,12,14-16,21H,8,10-11,13H2,1-3H3/t21-/m0/s1. The lowest BCUT2D eigenvalue weighted by Crippen LogP contribution is -2.11. The first kappa shape index (κ1) is 22.4. The van der Waals surface area contributed by atoms with Crippen molar-refractivity contribution in [3.8, 4) is 5.69 Å². The van der Waals surface area contributed by atoms with Crippen LogP contribution in [0.1, 0.15) is 61.9 Å². The summed E-state index contributed by atoms with van der Waals surface area (Å²) in [6.07, 6.45) is 5.29. The molecular formula is C25H27BrN4O2. The smallest absolute Gasteiger partial charge is 0.305 e. The van der Waals surface area contributed by atoms with E-state index in [2.05, 4.69) is 56.4 Å². The number of carbonyl (C=O) groups is 1. The van der Waals surface area contributed by atoms with E-state index in [-0.39, 0.29) is 18.4 Å². The Hall–Kier alpha value is -2.80. The summed E-state index contributed by atoms with van der Waals surface area (Å²) in [5, 5.41) is 0. The number of rotatable bonds is 7. The highest BCUT2D eigenvalue weighted by atomic mass is 79.9. The second kappa shape index (κ2) is 9.77. The van der Waals surface area contributed by atoms with E-state index in [1.165, 1.54) is 0 Å². The van der Waals surface area contributed by atoms with Gasteiger partial charge in [-0.05, 0) is 56.0 Å². The van der Waals surface area contributed by atoms with Crippen LogP contribution in [0, 0.1) is 12.8 Å². The van der Waals surface area contributed by atoms with Gasteiger partial charge in [0.2, 0.25) is 0 Å². The molecule has 166 valence electrons. The van der Waals surface area contributed by atoms with Crippen LogP contribution in [0.2, 0.25) is 0 Å². The molecule has 32 heavy (non-hydrogen) atoms. The van der Waals surface area contributed by atoms with Crippen molar-refractivity contribution in [3.05, 3.63) is 76.0 Å². The molecule has 1 atom stereocenters. The summed E-state index contributed by atoms with van der Waals surface area (Å²) >= 11 is 3.60. The van der Waals surface area contributed by atoms with E-state index in [1.807, 2.05) is 37.4 Å². The van der Waals surface area contributed by atoms with E-state index in [4.69, 9.17) is 9.73 Å². The molecule has 0 N–H and O–H groups in total. The highest BCUT2D eigenvalue weighted by Crippen LogP contribution is 2.34. The monoisotopic (exact) mass is 494 g/mol. The number of esters is 1. The molecule has 0 radical (unpaired) electrons. The minimum atomic E-state index is -0.287. The topological polar surface area (TPSA) is 69.4 Å². The summed E-state index contributed by atoms with van der Waals surface area (Å²) in [6, 6.07) is 11.7. The number of imidazole rings is 1. The van der Waals surface area contributed by atoms with E-state index in [0.29, 0.717) is 18.9 Å². The fourth-order valence-corrected chi connectivity index (χ4v) is 4.18. The zero-order valence-electron chi connectivity index (χ0n) is 18.6. The molecule has 3 aromatic rings. The number of fused-ring (bicyclic) bond motifs is 3. The second-order valence-electron chi connectivity index (χ2n) is 8.40. The third-order valence-electron chi connectivity index (χ3n) is 5.49. The summed E-state index contributed by atoms with van der Waals surface area (Å²) in [5.74, 6) is 1.13. The number of aromatic nitrogens is 3. The number of halogens is 1. The number of pyridine rings is 1. The molecule has 0 fully saturated rings. The first-order valence-electron chi connectivity index (χ1n) is 10.9. The minimum absolute atomic E-state index is 0.195. The number of aliphatic imine (C=N–C) groups is 1. The Morgan fingerprint density at radius 1 is 1.22 bits per heavy atom. The first-order valence-corrected chi connectivity index (χ1v) is 11.7. The van der Waals surface area contributed by atoms with Gasteiger partial charge in [0, 0.05) is 34.5 Å². The normalized spacial score (nSPS) is 15.0. The Morgan fingerprint density at radius 2 is 2.06 bits per heavy atom. The molecule has 0 saturated carbocycles. The van der Waals surface area contributed by atoms with Gasteiger partial charge >= 0.3 is 5.97 Å². The highest BCUT2D eigenvalue weighted by molar-refractivity contribution is 9.10. The molecule has 0 saturated heterocycles. The van der Waals surface area contributed by atoms with Crippen molar-refractivity contribution < 1.29 is 9.53 Å². The maximum atomic E-state index is 12.4. The zero-order chi connectivity index (χ0) is 22.7. The molecule has 1 aromatic carbocycles. The quantitative estimate of drug-likeness (QED) is 0.400. The van der Waals surface area contributed by atoms with Crippen molar-refractivity contribution in [2.24, 2.45) is 10.9 Å². The second-order valence-corrected chi connectivity index (χ2v) is 9.32. The van der Waals surface area contributed by atoms with Crippen molar-refractivity contribution in [1.29, 1.82) is 0 Å². The number of nitrogens with zero attached hydrogens (tertiary/aromatic N) is 4. The van der Waals surface area contributed by atoms with Gasteiger partial charge in [0.15, 0.2) is 0 Å². The van der Waals surface area contributed by atoms with Gasteiger partial charge in [0.25, 0.3) is 0 Å². The van der Waals surface area contributed by atoms with Crippen LogP contribution in [0.15, 0.2) is 58.3 Å². The molecule has 4 rings (SSSR count). The van der Waals surface area contributed by atoms with Gasteiger partial charge in [-0.25, -0.2) is 4.98 Å². The molecule has 2 aromatic heterocycles. The maximum absolute atomic E-state index is 12.4. The molecule has 0 aliphatic carbocycles. The van der Waals surface area contributed by atoms with Crippen LogP contribution in [0.5, 0.6) is 0 Å². The van der Waals surface area contributed by atoms with Crippen molar-refractivity contribution in [2.75, 3.05) is 6.61 Å². The molecule has 0 spiro atoms. The summed E-state index contributed by atoms with van der Waals surface area (Å²) in [5.41, 5.74) is 4.59. The largest absolute Gasteiger partial charge is 0.466 e. The van der Waals surface area contributed by atoms with Crippen LogP contribution < -0.4 is 0 Å². The lowest BCUT2D eigenvalue weighted by Gasteiger charge is -2.14. The van der Waals surface area contributed by atoms with E-state index in [0.717, 1.165) is 45.1 Å². The van der Waals surface area contributed by atoms with Crippen LogP contribution >= 0.6 is 15.9 Å². The predicted octanol–water partition coefficient (Wildman–Crippen LogP) is 5.60. The fourth-order valence-electron chi connectivity index (χ4n) is 3.82. The Morgan fingerprint density at radius 3 is 2.81 bits per heavy atom. The molecular weight excluding hydrogens is 468 g/mol. The average Bonchev–Trinajstić information content (AvgIpc) is 3.09. The van der Waals surface area contributed by atoms with Crippen molar-refractivity contribution in [2.45, 2.75) is 46.1 Å². The molecule has 0 amide bonds. The Kier molecular flexibility index (Phi) is 6.84. The van der Waals surface area contributed by atoms with Crippen molar-refractivity contribution in [3.63, 3.8) is 0 Å². The van der Waals surface area contributed by atoms with Gasteiger partial charge in [0.05, 0.1) is 23.7 Å². The summed E-state index contributed by atoms with van der Waals surface area (Å²) in [4.78, 5) is 26.7. The number of carbonyl (C=O) groups excluding carboxylic acids is 1. The van der Waals surface area contributed by atoms with Gasteiger partial charge in [-0.3, -0.25) is 19.3 Å². The number of hydrogen-bond donors (Lipinski definition) is 0. The zero-order valence-corrected chi connectivity index (χ0v) is 20.2. The molecule has 3 heterocycles. The van der Waals surface area contributed by atoms with Gasteiger partial charge in [0.1, 0.15) is 11.9 Å². The molecule has 0 unspecified atom stereocenters. The SMILES string of the molecule is Cc1cnc2n1-c1ccc(Br)cc1C(c1ccccn1)=N[C@H]2CCC(=O)OCCC(C)C. The Balaban J connectivity index is 1.71. The van der Waals surface area contributed by atoms with Crippen molar-refractivity contribution in [1.82, 2.24) is 14.5 Å². The molecule has 6 nitrogen and oxygen atoms in total. The third kappa shape index (κ3) is 4.83. The average molecular weight is 495 g/mol. The van der Waals surface area contributed by atoms with Crippen LogP contribution in [-0.4, -0.2) is 32.8 Å². The van der Waals surface area contributed by atoms with Gasteiger partial charge in [-0.15, -0.1) is 0 Å². The van der Waals surface area contributed by atoms with Crippen LogP contribution in [0.3, 0.4) is 0 Å². The predicted molar refractivity (Wildman–Crippen MR) is 128 cm³/mol. The highest BCUT2D eigenvalue weighted by Gasteiger charge is 2.28. The number of aryl methyl sites for hydroxylation is 1. The number of hydrogen-bond acceptors (Lipinski definition) is 5. The minimum Gasteiger partial charge on any atom is -0.466 e. The lowest BCUT2D eigenvalue weighted by molar-refractivity contribution is -0.144. The van der Waals surface area contributed by atoms with E-state index in [1.54, 1.807) is 6.20 Å².